The van der Waals surface area contributed by atoms with Crippen molar-refractivity contribution in [3.8, 4) is 5.75 Å². The number of hydrogen-bond acceptors (Lipinski definition) is 3. The van der Waals surface area contributed by atoms with E-state index in [1.54, 1.807) is 18.2 Å². The smallest absolute Gasteiger partial charge is 0.287 e. The number of furan rings is 1. The van der Waals surface area contributed by atoms with Gasteiger partial charge in [0.05, 0.1) is 0 Å². The van der Waals surface area contributed by atoms with Crippen LogP contribution >= 0.6 is 0 Å². The van der Waals surface area contributed by atoms with Crippen LogP contribution in [0.15, 0.2) is 53.5 Å². The Morgan fingerprint density at radius 1 is 1.35 bits per heavy atom. The van der Waals surface area contributed by atoms with Crippen molar-refractivity contribution >= 4 is 5.91 Å². The molecule has 1 aromatic carbocycles. The van der Waals surface area contributed by atoms with Crippen LogP contribution in [0.5, 0.6) is 5.75 Å². The Morgan fingerprint density at radius 2 is 2.15 bits per heavy atom. The second-order valence-electron chi connectivity index (χ2n) is 4.32. The molecule has 104 valence electrons. The van der Waals surface area contributed by atoms with E-state index in [9.17, 15) is 4.79 Å². The quantitative estimate of drug-likeness (QED) is 0.821. The summed E-state index contributed by atoms with van der Waals surface area (Å²) in [6.45, 7) is 6.22. The molecule has 2 rings (SSSR count). The third kappa shape index (κ3) is 3.51. The molecule has 0 aliphatic carbocycles. The Morgan fingerprint density at radius 3 is 2.90 bits per heavy atom. The van der Waals surface area contributed by atoms with Crippen molar-refractivity contribution in [2.75, 3.05) is 6.54 Å². The summed E-state index contributed by atoms with van der Waals surface area (Å²) < 4.78 is 11.1. The van der Waals surface area contributed by atoms with E-state index in [1.807, 2.05) is 31.2 Å². The van der Waals surface area contributed by atoms with Crippen LogP contribution in [0, 0.1) is 6.92 Å². The summed E-state index contributed by atoms with van der Waals surface area (Å²) in [7, 11) is 0. The van der Waals surface area contributed by atoms with E-state index in [4.69, 9.17) is 9.15 Å². The van der Waals surface area contributed by atoms with E-state index >= 15 is 0 Å². The zero-order chi connectivity index (χ0) is 14.4. The fourth-order valence-corrected chi connectivity index (χ4v) is 1.70. The summed E-state index contributed by atoms with van der Waals surface area (Å²) in [5.41, 5.74) is 1.06. The van der Waals surface area contributed by atoms with Gasteiger partial charge in [0.2, 0.25) is 0 Å². The Hall–Kier alpha value is -2.49. The Balaban J connectivity index is 1.95. The lowest BCUT2D eigenvalue weighted by molar-refractivity contribution is 0.0926. The Bertz CT molecular complexity index is 601. The van der Waals surface area contributed by atoms with Crippen LogP contribution in [0.1, 0.15) is 21.9 Å². The molecule has 1 amide bonds. The van der Waals surface area contributed by atoms with E-state index < -0.39 is 0 Å². The molecule has 0 saturated carbocycles. The molecule has 0 bridgehead atoms. The molecule has 20 heavy (non-hydrogen) atoms. The normalized spacial score (nSPS) is 10.1. The Kier molecular flexibility index (Phi) is 4.60. The highest BCUT2D eigenvalue weighted by molar-refractivity contribution is 5.91. The summed E-state index contributed by atoms with van der Waals surface area (Å²) >= 11 is 0. The number of rotatable bonds is 6. The van der Waals surface area contributed by atoms with Gasteiger partial charge in [-0.05, 0) is 30.7 Å². The molecular formula is C16H17NO3. The van der Waals surface area contributed by atoms with Crippen LogP contribution in [0.3, 0.4) is 0 Å². The number of ether oxygens (including phenoxy) is 1. The molecule has 0 atom stereocenters. The zero-order valence-corrected chi connectivity index (χ0v) is 11.4. The van der Waals surface area contributed by atoms with Crippen molar-refractivity contribution in [2.24, 2.45) is 0 Å². The van der Waals surface area contributed by atoms with Crippen LogP contribution in [0.2, 0.25) is 0 Å². The van der Waals surface area contributed by atoms with Gasteiger partial charge in [0.25, 0.3) is 5.91 Å². The summed E-state index contributed by atoms with van der Waals surface area (Å²) in [5.74, 6) is 1.43. The molecule has 0 spiro atoms. The molecule has 2 aromatic rings. The largest absolute Gasteiger partial charge is 0.485 e. The molecule has 0 radical (unpaired) electrons. The number of carbonyl (C=O) groups is 1. The first-order valence-corrected chi connectivity index (χ1v) is 6.37. The third-order valence-corrected chi connectivity index (χ3v) is 2.76. The van der Waals surface area contributed by atoms with E-state index in [-0.39, 0.29) is 11.7 Å². The maximum Gasteiger partial charge on any atom is 0.287 e. The maximum absolute atomic E-state index is 11.7. The average molecular weight is 271 g/mol. The van der Waals surface area contributed by atoms with Gasteiger partial charge in [-0.25, -0.2) is 0 Å². The summed E-state index contributed by atoms with van der Waals surface area (Å²) in [6.07, 6.45) is 1.61. The van der Waals surface area contributed by atoms with Gasteiger partial charge >= 0.3 is 0 Å². The first-order chi connectivity index (χ1) is 9.70. The molecule has 4 nitrogen and oxygen atoms in total. The summed E-state index contributed by atoms with van der Waals surface area (Å²) in [5, 5.41) is 2.65. The molecule has 4 heteroatoms. The number of nitrogens with one attached hydrogen (secondary N) is 1. The average Bonchev–Trinajstić information content (AvgIpc) is 2.93. The predicted molar refractivity (Wildman–Crippen MR) is 76.7 cm³/mol. The van der Waals surface area contributed by atoms with Gasteiger partial charge in [-0.2, -0.15) is 0 Å². The molecule has 0 saturated heterocycles. The molecule has 0 aliphatic rings. The monoisotopic (exact) mass is 271 g/mol. The Labute approximate surface area is 118 Å². The molecule has 1 aromatic heterocycles. The lowest BCUT2D eigenvalue weighted by Gasteiger charge is -2.06. The van der Waals surface area contributed by atoms with Crippen molar-refractivity contribution in [3.05, 3.63) is 66.1 Å². The van der Waals surface area contributed by atoms with Gasteiger partial charge < -0.3 is 14.5 Å². The number of aryl methyl sites for hydroxylation is 1. The minimum Gasteiger partial charge on any atom is -0.485 e. The van der Waals surface area contributed by atoms with E-state index in [0.717, 1.165) is 11.3 Å². The molecular weight excluding hydrogens is 254 g/mol. The van der Waals surface area contributed by atoms with Gasteiger partial charge in [-0.1, -0.05) is 24.3 Å². The lowest BCUT2D eigenvalue weighted by atomic mass is 10.2. The molecule has 1 heterocycles. The first kappa shape index (κ1) is 13.9. The van der Waals surface area contributed by atoms with E-state index in [2.05, 4.69) is 11.9 Å². The highest BCUT2D eigenvalue weighted by atomic mass is 16.5. The van der Waals surface area contributed by atoms with Crippen molar-refractivity contribution in [1.29, 1.82) is 0 Å². The van der Waals surface area contributed by atoms with Gasteiger partial charge in [0.1, 0.15) is 18.1 Å². The van der Waals surface area contributed by atoms with Crippen LogP contribution < -0.4 is 10.1 Å². The number of benzene rings is 1. The van der Waals surface area contributed by atoms with E-state index in [1.165, 1.54) is 0 Å². The highest BCUT2D eigenvalue weighted by Crippen LogP contribution is 2.18. The van der Waals surface area contributed by atoms with Gasteiger partial charge in [0.15, 0.2) is 5.76 Å². The predicted octanol–water partition coefficient (Wildman–Crippen LogP) is 3.08. The van der Waals surface area contributed by atoms with Crippen LogP contribution in [0.4, 0.5) is 0 Å². The number of amides is 1. The van der Waals surface area contributed by atoms with Crippen molar-refractivity contribution in [1.82, 2.24) is 5.32 Å². The summed E-state index contributed by atoms with van der Waals surface area (Å²) in [4.78, 5) is 11.7. The molecule has 0 aliphatic heterocycles. The van der Waals surface area contributed by atoms with E-state index in [0.29, 0.717) is 18.9 Å². The summed E-state index contributed by atoms with van der Waals surface area (Å²) in [6, 6.07) is 11.1. The first-order valence-electron chi connectivity index (χ1n) is 6.37. The van der Waals surface area contributed by atoms with Crippen molar-refractivity contribution in [3.63, 3.8) is 0 Å². The standard InChI is InChI=1S/C16H17NO3/c1-3-10-17-16(18)15-9-8-13(20-15)11-19-14-7-5-4-6-12(14)2/h3-9H,1,10-11H2,2H3,(H,17,18). The fourth-order valence-electron chi connectivity index (χ4n) is 1.70. The van der Waals surface area contributed by atoms with Crippen LogP contribution in [-0.2, 0) is 6.61 Å². The lowest BCUT2D eigenvalue weighted by Crippen LogP contribution is -2.22. The molecule has 0 fully saturated rings. The number of para-hydroxylation sites is 1. The third-order valence-electron chi connectivity index (χ3n) is 2.76. The van der Waals surface area contributed by atoms with Crippen molar-refractivity contribution in [2.45, 2.75) is 13.5 Å². The van der Waals surface area contributed by atoms with Gasteiger partial charge in [-0.3, -0.25) is 4.79 Å². The minimum absolute atomic E-state index is 0.257. The number of hydrogen-bond donors (Lipinski definition) is 1. The highest BCUT2D eigenvalue weighted by Gasteiger charge is 2.10. The maximum atomic E-state index is 11.7. The van der Waals surface area contributed by atoms with Crippen molar-refractivity contribution < 1.29 is 13.9 Å². The van der Waals surface area contributed by atoms with Gasteiger partial charge in [0, 0.05) is 6.54 Å². The zero-order valence-electron chi connectivity index (χ0n) is 11.4. The number of carbonyl (C=O) groups excluding carboxylic acids is 1. The SMILES string of the molecule is C=CCNC(=O)c1ccc(COc2ccccc2C)o1. The van der Waals surface area contributed by atoms with Crippen LogP contribution in [-0.4, -0.2) is 12.5 Å². The van der Waals surface area contributed by atoms with Crippen LogP contribution in [0.25, 0.3) is 0 Å². The molecule has 1 N–H and O–H groups in total. The fraction of sp³-hybridized carbons (Fsp3) is 0.188. The second kappa shape index (κ2) is 6.61. The second-order valence-corrected chi connectivity index (χ2v) is 4.32. The minimum atomic E-state index is -0.257. The molecule has 0 unspecified atom stereocenters. The topological polar surface area (TPSA) is 51.5 Å². The van der Waals surface area contributed by atoms with Gasteiger partial charge in [-0.15, -0.1) is 6.58 Å².